The molecule has 2 heterocycles. The number of rotatable bonds is 3. The molecule has 0 aliphatic carbocycles. The van der Waals surface area contributed by atoms with E-state index in [9.17, 15) is 4.79 Å². The van der Waals surface area contributed by atoms with Crippen LogP contribution in [0, 0.1) is 0 Å². The van der Waals surface area contributed by atoms with Gasteiger partial charge >= 0.3 is 0 Å². The van der Waals surface area contributed by atoms with E-state index in [0.29, 0.717) is 11.6 Å². The summed E-state index contributed by atoms with van der Waals surface area (Å²) in [5.41, 5.74) is 2.61. The summed E-state index contributed by atoms with van der Waals surface area (Å²) < 4.78 is 0. The molecule has 0 bridgehead atoms. The Labute approximate surface area is 143 Å². The maximum Gasteiger partial charge on any atom is 0.272 e. The monoisotopic (exact) mass is 324 g/mol. The standard InChI is InChI=1S/C19H24N4O/c1-19(2,3)14-8-4-5-9-15(14)21-18-20-11-10-16(22-18)17(24)23-12-6-7-13-23/h4-5,8-11H,6-7,12-13H2,1-3H3,(H,20,21,22). The molecule has 0 radical (unpaired) electrons. The van der Waals surface area contributed by atoms with Crippen molar-refractivity contribution in [3.63, 3.8) is 0 Å². The largest absolute Gasteiger partial charge is 0.337 e. The van der Waals surface area contributed by atoms with Crippen molar-refractivity contribution in [1.82, 2.24) is 14.9 Å². The first-order chi connectivity index (χ1) is 11.4. The molecule has 5 heteroatoms. The number of aromatic nitrogens is 2. The number of benzene rings is 1. The normalized spacial score (nSPS) is 14.7. The van der Waals surface area contributed by atoms with Crippen LogP contribution in [0.1, 0.15) is 49.7 Å². The molecule has 1 aromatic heterocycles. The number of likely N-dealkylation sites (tertiary alicyclic amines) is 1. The van der Waals surface area contributed by atoms with Gasteiger partial charge in [0, 0.05) is 25.0 Å². The third-order valence-electron chi connectivity index (χ3n) is 4.25. The Bertz CT molecular complexity index is 730. The second-order valence-corrected chi connectivity index (χ2v) is 7.19. The maximum atomic E-state index is 12.5. The van der Waals surface area contributed by atoms with Gasteiger partial charge in [-0.3, -0.25) is 4.79 Å². The molecule has 24 heavy (non-hydrogen) atoms. The number of carbonyl (C=O) groups is 1. The van der Waals surface area contributed by atoms with E-state index >= 15 is 0 Å². The van der Waals surface area contributed by atoms with Gasteiger partial charge < -0.3 is 10.2 Å². The van der Waals surface area contributed by atoms with Crippen LogP contribution < -0.4 is 5.32 Å². The molecule has 126 valence electrons. The van der Waals surface area contributed by atoms with Crippen molar-refractivity contribution in [1.29, 1.82) is 0 Å². The lowest BCUT2D eigenvalue weighted by Gasteiger charge is -2.23. The molecule has 5 nitrogen and oxygen atoms in total. The zero-order chi connectivity index (χ0) is 17.2. The highest BCUT2D eigenvalue weighted by atomic mass is 16.2. The SMILES string of the molecule is CC(C)(C)c1ccccc1Nc1nccc(C(=O)N2CCCC2)n1. The van der Waals surface area contributed by atoms with E-state index in [1.54, 1.807) is 12.3 Å². The van der Waals surface area contributed by atoms with Crippen molar-refractivity contribution in [2.24, 2.45) is 0 Å². The zero-order valence-corrected chi connectivity index (χ0v) is 14.5. The van der Waals surface area contributed by atoms with Crippen LogP contribution in [0.25, 0.3) is 0 Å². The maximum absolute atomic E-state index is 12.5. The first-order valence-electron chi connectivity index (χ1n) is 8.44. The third kappa shape index (κ3) is 3.55. The summed E-state index contributed by atoms with van der Waals surface area (Å²) in [6.07, 6.45) is 3.78. The fraction of sp³-hybridized carbons (Fsp3) is 0.421. The summed E-state index contributed by atoms with van der Waals surface area (Å²) >= 11 is 0. The van der Waals surface area contributed by atoms with E-state index in [1.807, 2.05) is 23.1 Å². The van der Waals surface area contributed by atoms with E-state index in [-0.39, 0.29) is 11.3 Å². The fourth-order valence-corrected chi connectivity index (χ4v) is 2.99. The summed E-state index contributed by atoms with van der Waals surface area (Å²) in [6, 6.07) is 9.80. The number of nitrogens with one attached hydrogen (secondary N) is 1. The van der Waals surface area contributed by atoms with Gasteiger partial charge in [-0.25, -0.2) is 9.97 Å². The molecule has 1 aliphatic rings. The molecule has 0 saturated carbocycles. The van der Waals surface area contributed by atoms with Crippen LogP contribution in [0.2, 0.25) is 0 Å². The molecule has 3 rings (SSSR count). The molecule has 1 fully saturated rings. The highest BCUT2D eigenvalue weighted by molar-refractivity contribution is 5.92. The molecule has 1 N–H and O–H groups in total. The zero-order valence-electron chi connectivity index (χ0n) is 14.5. The van der Waals surface area contributed by atoms with Gasteiger partial charge in [-0.15, -0.1) is 0 Å². The van der Waals surface area contributed by atoms with Gasteiger partial charge in [-0.05, 0) is 36.0 Å². The Kier molecular flexibility index (Phi) is 4.51. The highest BCUT2D eigenvalue weighted by Crippen LogP contribution is 2.30. The lowest BCUT2D eigenvalue weighted by Crippen LogP contribution is -2.28. The molecule has 0 spiro atoms. The van der Waals surface area contributed by atoms with Crippen LogP contribution in [-0.4, -0.2) is 33.9 Å². The molecule has 1 aromatic carbocycles. The first-order valence-corrected chi connectivity index (χ1v) is 8.44. The minimum Gasteiger partial charge on any atom is -0.337 e. The van der Waals surface area contributed by atoms with Crippen LogP contribution >= 0.6 is 0 Å². The molecule has 1 aliphatic heterocycles. The number of anilines is 2. The number of para-hydroxylation sites is 1. The van der Waals surface area contributed by atoms with Crippen molar-refractivity contribution >= 4 is 17.5 Å². The lowest BCUT2D eigenvalue weighted by atomic mass is 9.86. The second kappa shape index (κ2) is 6.59. The molecule has 1 saturated heterocycles. The van der Waals surface area contributed by atoms with E-state index < -0.39 is 0 Å². The predicted octanol–water partition coefficient (Wildman–Crippen LogP) is 3.75. The van der Waals surface area contributed by atoms with Crippen molar-refractivity contribution in [2.75, 3.05) is 18.4 Å². The van der Waals surface area contributed by atoms with E-state index in [4.69, 9.17) is 0 Å². The van der Waals surface area contributed by atoms with Gasteiger partial charge in [-0.2, -0.15) is 0 Å². The molecular formula is C19H24N4O. The van der Waals surface area contributed by atoms with Crippen LogP contribution in [0.15, 0.2) is 36.5 Å². The molecule has 1 amide bonds. The Morgan fingerprint density at radius 1 is 1.12 bits per heavy atom. The first kappa shape index (κ1) is 16.4. The predicted molar refractivity (Wildman–Crippen MR) is 95.6 cm³/mol. The van der Waals surface area contributed by atoms with Gasteiger partial charge in [-0.1, -0.05) is 39.0 Å². The van der Waals surface area contributed by atoms with Crippen molar-refractivity contribution < 1.29 is 4.79 Å². The van der Waals surface area contributed by atoms with E-state index in [1.165, 1.54) is 5.56 Å². The van der Waals surface area contributed by atoms with Crippen molar-refractivity contribution in [3.05, 3.63) is 47.8 Å². The minimum atomic E-state index is -0.0120. The Morgan fingerprint density at radius 3 is 2.54 bits per heavy atom. The van der Waals surface area contributed by atoms with E-state index in [2.05, 4.69) is 42.1 Å². The second-order valence-electron chi connectivity index (χ2n) is 7.19. The number of nitrogens with zero attached hydrogens (tertiary/aromatic N) is 3. The summed E-state index contributed by atoms with van der Waals surface area (Å²) in [7, 11) is 0. The van der Waals surface area contributed by atoms with Gasteiger partial charge in [0.1, 0.15) is 5.69 Å². The summed E-state index contributed by atoms with van der Waals surface area (Å²) in [4.78, 5) is 23.0. The van der Waals surface area contributed by atoms with Crippen LogP contribution in [0.5, 0.6) is 0 Å². The molecular weight excluding hydrogens is 300 g/mol. The summed E-state index contributed by atoms with van der Waals surface area (Å²) in [6.45, 7) is 8.14. The van der Waals surface area contributed by atoms with Gasteiger partial charge in [0.15, 0.2) is 0 Å². The number of carbonyl (C=O) groups excluding carboxylic acids is 1. The van der Waals surface area contributed by atoms with Crippen molar-refractivity contribution in [2.45, 2.75) is 39.0 Å². The molecule has 0 unspecified atom stereocenters. The Balaban J connectivity index is 1.84. The van der Waals surface area contributed by atoms with E-state index in [0.717, 1.165) is 31.6 Å². The molecule has 0 atom stereocenters. The smallest absolute Gasteiger partial charge is 0.272 e. The fourth-order valence-electron chi connectivity index (χ4n) is 2.99. The van der Waals surface area contributed by atoms with Crippen LogP contribution in [-0.2, 0) is 5.41 Å². The number of hydrogen-bond acceptors (Lipinski definition) is 4. The van der Waals surface area contributed by atoms with Crippen LogP contribution in [0.4, 0.5) is 11.6 Å². The summed E-state index contributed by atoms with van der Waals surface area (Å²) in [5, 5.41) is 3.27. The molecule has 2 aromatic rings. The number of amides is 1. The Hall–Kier alpha value is -2.43. The van der Waals surface area contributed by atoms with Gasteiger partial charge in [0.05, 0.1) is 0 Å². The lowest BCUT2D eigenvalue weighted by molar-refractivity contribution is 0.0787. The Morgan fingerprint density at radius 2 is 1.83 bits per heavy atom. The van der Waals surface area contributed by atoms with Crippen molar-refractivity contribution in [3.8, 4) is 0 Å². The quantitative estimate of drug-likeness (QED) is 0.934. The average molecular weight is 324 g/mol. The van der Waals surface area contributed by atoms with Gasteiger partial charge in [0.2, 0.25) is 5.95 Å². The highest BCUT2D eigenvalue weighted by Gasteiger charge is 2.21. The van der Waals surface area contributed by atoms with Gasteiger partial charge in [0.25, 0.3) is 5.91 Å². The van der Waals surface area contributed by atoms with Crippen LogP contribution in [0.3, 0.4) is 0 Å². The third-order valence-corrected chi connectivity index (χ3v) is 4.25. The summed E-state index contributed by atoms with van der Waals surface area (Å²) in [5.74, 6) is 0.443. The average Bonchev–Trinajstić information content (AvgIpc) is 3.08. The minimum absolute atomic E-state index is 0.00652. The number of hydrogen-bond donors (Lipinski definition) is 1. The topological polar surface area (TPSA) is 58.1 Å².